The van der Waals surface area contributed by atoms with Crippen LogP contribution in [-0.2, 0) is 4.79 Å². The Labute approximate surface area is 188 Å². The first-order chi connectivity index (χ1) is 14.5. The number of nitrogens with one attached hydrogen (secondary N) is 3. The van der Waals surface area contributed by atoms with Crippen LogP contribution in [0.4, 0.5) is 5.69 Å². The summed E-state index contributed by atoms with van der Waals surface area (Å²) < 4.78 is 0.668. The molecule has 30 heavy (non-hydrogen) atoms. The van der Waals surface area contributed by atoms with Crippen molar-refractivity contribution in [2.75, 3.05) is 17.3 Å². The van der Waals surface area contributed by atoms with Crippen molar-refractivity contribution >= 4 is 51.1 Å². The molecule has 0 saturated heterocycles. The fraction of sp³-hybridized carbons (Fsp3) is 0.318. The molecule has 0 heterocycles. The zero-order valence-corrected chi connectivity index (χ0v) is 19.0. The second-order valence-electron chi connectivity index (χ2n) is 7.11. The van der Waals surface area contributed by atoms with Gasteiger partial charge < -0.3 is 16.0 Å². The first-order valence-electron chi connectivity index (χ1n) is 9.74. The Bertz CT molecular complexity index is 933. The molecule has 1 saturated carbocycles. The average Bonchev–Trinajstić information content (AvgIpc) is 3.55. The van der Waals surface area contributed by atoms with Crippen molar-refractivity contribution < 1.29 is 14.4 Å². The maximum Gasteiger partial charge on any atom is 0.253 e. The number of thioether (sulfide) groups is 1. The molecule has 1 atom stereocenters. The van der Waals surface area contributed by atoms with Crippen LogP contribution < -0.4 is 16.0 Å². The van der Waals surface area contributed by atoms with Crippen molar-refractivity contribution in [3.8, 4) is 0 Å². The molecule has 1 aliphatic rings. The zero-order chi connectivity index (χ0) is 21.5. The molecule has 2 aromatic rings. The molecule has 0 aliphatic heterocycles. The molecule has 0 aromatic heterocycles. The van der Waals surface area contributed by atoms with Crippen LogP contribution in [0.3, 0.4) is 0 Å². The molecule has 0 radical (unpaired) electrons. The van der Waals surface area contributed by atoms with Gasteiger partial charge in [0.15, 0.2) is 0 Å². The quantitative estimate of drug-likeness (QED) is 0.499. The minimum Gasteiger partial charge on any atom is -0.349 e. The highest BCUT2D eigenvalue weighted by molar-refractivity contribution is 9.10. The Morgan fingerprint density at radius 1 is 1.10 bits per heavy atom. The Kier molecular flexibility index (Phi) is 7.93. The Hall–Kier alpha value is -2.32. The number of benzene rings is 2. The van der Waals surface area contributed by atoms with E-state index in [9.17, 15) is 14.4 Å². The van der Waals surface area contributed by atoms with Crippen LogP contribution >= 0.6 is 27.7 Å². The maximum absolute atomic E-state index is 12.9. The monoisotopic (exact) mass is 489 g/mol. The highest BCUT2D eigenvalue weighted by atomic mass is 79.9. The summed E-state index contributed by atoms with van der Waals surface area (Å²) in [5, 5.41) is 8.59. The van der Waals surface area contributed by atoms with E-state index < -0.39 is 6.04 Å². The van der Waals surface area contributed by atoms with Crippen LogP contribution in [0.1, 0.15) is 40.0 Å². The number of halogens is 1. The van der Waals surface area contributed by atoms with Gasteiger partial charge in [-0.1, -0.05) is 18.2 Å². The molecular formula is C22H24BrN3O3S. The molecule has 8 heteroatoms. The van der Waals surface area contributed by atoms with E-state index in [1.807, 2.05) is 12.3 Å². The van der Waals surface area contributed by atoms with Crippen molar-refractivity contribution in [1.82, 2.24) is 10.6 Å². The van der Waals surface area contributed by atoms with E-state index in [-0.39, 0.29) is 23.8 Å². The van der Waals surface area contributed by atoms with Gasteiger partial charge in [0, 0.05) is 21.8 Å². The molecule has 3 amide bonds. The van der Waals surface area contributed by atoms with E-state index in [0.717, 1.165) is 18.6 Å². The van der Waals surface area contributed by atoms with Crippen molar-refractivity contribution in [1.29, 1.82) is 0 Å². The van der Waals surface area contributed by atoms with Gasteiger partial charge in [-0.05, 0) is 77.5 Å². The summed E-state index contributed by atoms with van der Waals surface area (Å²) >= 11 is 4.97. The summed E-state index contributed by atoms with van der Waals surface area (Å²) in [5.41, 5.74) is 1.49. The van der Waals surface area contributed by atoms with E-state index in [1.54, 1.807) is 54.2 Å². The van der Waals surface area contributed by atoms with Crippen LogP contribution in [0.5, 0.6) is 0 Å². The largest absolute Gasteiger partial charge is 0.349 e. The highest BCUT2D eigenvalue weighted by Crippen LogP contribution is 2.20. The number of carbonyl (C=O) groups excluding carboxylic acids is 3. The summed E-state index contributed by atoms with van der Waals surface area (Å²) in [4.78, 5) is 37.8. The summed E-state index contributed by atoms with van der Waals surface area (Å²) in [7, 11) is 0. The molecule has 0 spiro atoms. The number of rotatable bonds is 9. The van der Waals surface area contributed by atoms with Gasteiger partial charge in [-0.3, -0.25) is 14.4 Å². The third-order valence-corrected chi connectivity index (χ3v) is 5.99. The standard InChI is InChI=1S/C22H24BrN3O3S/c1-30-12-11-19(26-21(28)17-7-2-3-8-18(17)23)22(29)25-16-6-4-5-14(13-16)20(27)24-15-9-10-15/h2-8,13,15,19H,9-12H2,1H3,(H,24,27)(H,25,29)(H,26,28)/t19-/m0/s1. The predicted molar refractivity (Wildman–Crippen MR) is 124 cm³/mol. The lowest BCUT2D eigenvalue weighted by Crippen LogP contribution is -2.44. The lowest BCUT2D eigenvalue weighted by atomic mass is 10.1. The zero-order valence-electron chi connectivity index (χ0n) is 16.6. The van der Waals surface area contributed by atoms with Crippen LogP contribution in [0.15, 0.2) is 53.0 Å². The van der Waals surface area contributed by atoms with Gasteiger partial charge in [-0.25, -0.2) is 0 Å². The number of hydrogen-bond donors (Lipinski definition) is 3. The van der Waals surface area contributed by atoms with E-state index in [4.69, 9.17) is 0 Å². The van der Waals surface area contributed by atoms with Gasteiger partial charge in [0.1, 0.15) is 6.04 Å². The van der Waals surface area contributed by atoms with Crippen molar-refractivity contribution in [3.63, 3.8) is 0 Å². The first-order valence-corrected chi connectivity index (χ1v) is 11.9. The molecule has 2 aromatic carbocycles. The SMILES string of the molecule is CSCC[C@H](NC(=O)c1ccccc1Br)C(=O)Nc1cccc(C(=O)NC2CC2)c1. The second kappa shape index (κ2) is 10.6. The van der Waals surface area contributed by atoms with Crippen molar-refractivity contribution in [3.05, 3.63) is 64.1 Å². The summed E-state index contributed by atoms with van der Waals surface area (Å²) in [5.74, 6) is -0.0571. The summed E-state index contributed by atoms with van der Waals surface area (Å²) in [6.07, 6.45) is 4.46. The maximum atomic E-state index is 12.9. The number of anilines is 1. The van der Waals surface area contributed by atoms with Crippen LogP contribution in [0, 0.1) is 0 Å². The molecule has 1 aliphatic carbocycles. The molecule has 0 unspecified atom stereocenters. The molecule has 158 valence electrons. The van der Waals surface area contributed by atoms with E-state index in [0.29, 0.717) is 27.7 Å². The Balaban J connectivity index is 1.68. The second-order valence-corrected chi connectivity index (χ2v) is 8.95. The summed E-state index contributed by atoms with van der Waals surface area (Å²) in [6, 6.07) is 13.5. The van der Waals surface area contributed by atoms with E-state index >= 15 is 0 Å². The molecule has 6 nitrogen and oxygen atoms in total. The van der Waals surface area contributed by atoms with Crippen molar-refractivity contribution in [2.24, 2.45) is 0 Å². The minimum absolute atomic E-state index is 0.144. The third kappa shape index (κ3) is 6.34. The fourth-order valence-corrected chi connectivity index (χ4v) is 3.79. The van der Waals surface area contributed by atoms with Gasteiger partial charge in [-0.2, -0.15) is 11.8 Å². The average molecular weight is 490 g/mol. The normalized spacial score (nSPS) is 13.9. The van der Waals surface area contributed by atoms with Crippen LogP contribution in [0.25, 0.3) is 0 Å². The molecular weight excluding hydrogens is 466 g/mol. The third-order valence-electron chi connectivity index (χ3n) is 4.66. The summed E-state index contributed by atoms with van der Waals surface area (Å²) in [6.45, 7) is 0. The first kappa shape index (κ1) is 22.4. The van der Waals surface area contributed by atoms with Gasteiger partial charge >= 0.3 is 0 Å². The molecule has 1 fully saturated rings. The van der Waals surface area contributed by atoms with Gasteiger partial charge in [-0.15, -0.1) is 0 Å². The lowest BCUT2D eigenvalue weighted by Gasteiger charge is -2.19. The minimum atomic E-state index is -0.694. The highest BCUT2D eigenvalue weighted by Gasteiger charge is 2.25. The van der Waals surface area contributed by atoms with E-state index in [1.165, 1.54) is 0 Å². The molecule has 3 rings (SSSR count). The topological polar surface area (TPSA) is 87.3 Å². The van der Waals surface area contributed by atoms with Crippen LogP contribution in [0.2, 0.25) is 0 Å². The van der Waals surface area contributed by atoms with Gasteiger partial charge in [0.05, 0.1) is 5.56 Å². The van der Waals surface area contributed by atoms with Gasteiger partial charge in [0.25, 0.3) is 11.8 Å². The predicted octanol–water partition coefficient (Wildman–Crippen LogP) is 3.83. The molecule has 3 N–H and O–H groups in total. The number of carbonyl (C=O) groups is 3. The number of amides is 3. The Morgan fingerprint density at radius 3 is 2.57 bits per heavy atom. The number of hydrogen-bond acceptors (Lipinski definition) is 4. The van der Waals surface area contributed by atoms with Crippen molar-refractivity contribution in [2.45, 2.75) is 31.3 Å². The van der Waals surface area contributed by atoms with Crippen LogP contribution in [-0.4, -0.2) is 41.8 Å². The smallest absolute Gasteiger partial charge is 0.253 e. The Morgan fingerprint density at radius 2 is 1.87 bits per heavy atom. The lowest BCUT2D eigenvalue weighted by molar-refractivity contribution is -0.118. The fourth-order valence-electron chi connectivity index (χ4n) is 2.85. The molecule has 0 bridgehead atoms. The van der Waals surface area contributed by atoms with Gasteiger partial charge in [0.2, 0.25) is 5.91 Å². The van der Waals surface area contributed by atoms with E-state index in [2.05, 4.69) is 31.9 Å².